The molecule has 1 unspecified atom stereocenters. The van der Waals surface area contributed by atoms with E-state index < -0.39 is 18.1 Å². The Hall–Kier alpha value is -2.24. The second-order valence-electron chi connectivity index (χ2n) is 3.62. The molecule has 1 aromatic rings. The van der Waals surface area contributed by atoms with E-state index in [9.17, 15) is 9.90 Å². The van der Waals surface area contributed by atoms with Crippen molar-refractivity contribution in [2.45, 2.75) is 19.1 Å². The number of hydrogen-bond donors (Lipinski definition) is 1. The minimum atomic E-state index is -1.31. The van der Waals surface area contributed by atoms with Crippen molar-refractivity contribution in [3.8, 4) is 5.75 Å². The molecule has 0 bridgehead atoms. The van der Waals surface area contributed by atoms with Crippen LogP contribution in [0.25, 0.3) is 10.4 Å². The molecule has 1 aromatic carbocycles. The maximum atomic E-state index is 11.6. The van der Waals surface area contributed by atoms with E-state index in [1.54, 1.807) is 31.2 Å². The van der Waals surface area contributed by atoms with Gasteiger partial charge in [0.25, 0.3) is 0 Å². The molecular weight excluding hydrogens is 250 g/mol. The number of ether oxygens (including phenoxy) is 2. The van der Waals surface area contributed by atoms with Crippen molar-refractivity contribution in [1.82, 2.24) is 0 Å². The number of carbonyl (C=O) groups excluding carboxylic acids is 1. The number of benzene rings is 1. The third-order valence-corrected chi connectivity index (χ3v) is 2.46. The summed E-state index contributed by atoms with van der Waals surface area (Å²) in [5.41, 5.74) is 8.89. The highest BCUT2D eigenvalue weighted by molar-refractivity contribution is 5.77. The Kier molecular flexibility index (Phi) is 5.66. The van der Waals surface area contributed by atoms with Gasteiger partial charge in [0, 0.05) is 4.91 Å². The van der Waals surface area contributed by atoms with Crippen molar-refractivity contribution < 1.29 is 19.4 Å². The average Bonchev–Trinajstić information content (AvgIpc) is 2.44. The van der Waals surface area contributed by atoms with Crippen molar-refractivity contribution in [2.24, 2.45) is 5.11 Å². The number of carbonyl (C=O) groups is 1. The molecule has 0 heterocycles. The van der Waals surface area contributed by atoms with Crippen molar-refractivity contribution >= 4 is 5.97 Å². The minimum Gasteiger partial charge on any atom is -0.497 e. The molecule has 0 amide bonds. The van der Waals surface area contributed by atoms with Gasteiger partial charge < -0.3 is 14.6 Å². The van der Waals surface area contributed by atoms with Gasteiger partial charge in [0.15, 0.2) is 6.04 Å². The van der Waals surface area contributed by atoms with Crippen LogP contribution in [0, 0.1) is 0 Å². The molecule has 0 fully saturated rings. The fourth-order valence-electron chi connectivity index (χ4n) is 1.51. The highest BCUT2D eigenvalue weighted by Gasteiger charge is 2.28. The van der Waals surface area contributed by atoms with Gasteiger partial charge in [-0.2, -0.15) is 0 Å². The Labute approximate surface area is 110 Å². The zero-order chi connectivity index (χ0) is 14.3. The number of methoxy groups -OCH3 is 1. The number of rotatable bonds is 6. The van der Waals surface area contributed by atoms with Gasteiger partial charge in [-0.3, -0.25) is 4.79 Å². The van der Waals surface area contributed by atoms with Crippen LogP contribution in [0.2, 0.25) is 0 Å². The molecule has 0 aliphatic heterocycles. The summed E-state index contributed by atoms with van der Waals surface area (Å²) in [4.78, 5) is 14.2. The van der Waals surface area contributed by atoms with Crippen LogP contribution in [0.3, 0.4) is 0 Å². The number of aliphatic hydroxyl groups is 1. The fraction of sp³-hybridized carbons (Fsp3) is 0.417. The predicted octanol–water partition coefficient (Wildman–Crippen LogP) is 1.97. The molecule has 0 radical (unpaired) electrons. The third-order valence-electron chi connectivity index (χ3n) is 2.46. The van der Waals surface area contributed by atoms with Crippen LogP contribution in [-0.4, -0.2) is 30.8 Å². The maximum Gasteiger partial charge on any atom is 0.317 e. The molecule has 102 valence electrons. The van der Waals surface area contributed by atoms with Crippen molar-refractivity contribution in [2.75, 3.05) is 13.7 Å². The Morgan fingerprint density at radius 3 is 2.58 bits per heavy atom. The number of azide groups is 1. The summed E-state index contributed by atoms with van der Waals surface area (Å²) in [6, 6.07) is 5.14. The first-order valence-corrected chi connectivity index (χ1v) is 5.66. The molecule has 1 rings (SSSR count). The molecule has 0 saturated heterocycles. The molecule has 0 spiro atoms. The van der Waals surface area contributed by atoms with Gasteiger partial charge in [-0.1, -0.05) is 17.2 Å². The summed E-state index contributed by atoms with van der Waals surface area (Å²) in [6.45, 7) is 1.77. The lowest BCUT2D eigenvalue weighted by Crippen LogP contribution is -2.28. The molecule has 2 atom stereocenters. The smallest absolute Gasteiger partial charge is 0.317 e. The molecule has 0 saturated carbocycles. The van der Waals surface area contributed by atoms with Gasteiger partial charge in [-0.25, -0.2) is 0 Å². The molecule has 0 aliphatic rings. The number of hydrogen-bond acceptors (Lipinski definition) is 5. The van der Waals surface area contributed by atoms with Crippen molar-refractivity contribution in [1.29, 1.82) is 0 Å². The lowest BCUT2D eigenvalue weighted by Gasteiger charge is -2.17. The van der Waals surface area contributed by atoms with E-state index in [0.29, 0.717) is 11.3 Å². The van der Waals surface area contributed by atoms with Crippen LogP contribution in [0.15, 0.2) is 29.4 Å². The van der Waals surface area contributed by atoms with Crippen LogP contribution in [0.4, 0.5) is 0 Å². The summed E-state index contributed by atoms with van der Waals surface area (Å²) >= 11 is 0. The van der Waals surface area contributed by atoms with E-state index in [1.807, 2.05) is 0 Å². The number of aliphatic hydroxyl groups excluding tert-OH is 1. The standard InChI is InChI=1S/C12H15N3O4/c1-3-19-12(17)10(14-15-13)11(16)8-4-6-9(18-2)7-5-8/h4-7,10-11,16H,3H2,1-2H3/t10?,11-/m1/s1. The first-order chi connectivity index (χ1) is 9.13. The second kappa shape index (κ2) is 7.25. The Morgan fingerprint density at radius 1 is 1.47 bits per heavy atom. The van der Waals surface area contributed by atoms with Gasteiger partial charge in [0.2, 0.25) is 0 Å². The van der Waals surface area contributed by atoms with Crippen LogP contribution in [-0.2, 0) is 9.53 Å². The first-order valence-electron chi connectivity index (χ1n) is 5.66. The van der Waals surface area contributed by atoms with E-state index in [2.05, 4.69) is 10.0 Å². The SMILES string of the molecule is CCOC(=O)C(N=[N+]=[N-])[C@H](O)c1ccc(OC)cc1. The Balaban J connectivity index is 2.94. The summed E-state index contributed by atoms with van der Waals surface area (Å²) in [5.74, 6) is -0.143. The van der Waals surface area contributed by atoms with E-state index in [1.165, 1.54) is 7.11 Å². The highest BCUT2D eigenvalue weighted by Crippen LogP contribution is 2.23. The molecule has 7 heteroatoms. The second-order valence-corrected chi connectivity index (χ2v) is 3.62. The lowest BCUT2D eigenvalue weighted by atomic mass is 10.0. The quantitative estimate of drug-likeness (QED) is 0.367. The monoisotopic (exact) mass is 265 g/mol. The van der Waals surface area contributed by atoms with Crippen LogP contribution in [0.1, 0.15) is 18.6 Å². The lowest BCUT2D eigenvalue weighted by molar-refractivity contribution is -0.147. The Bertz CT molecular complexity index is 468. The van der Waals surface area contributed by atoms with Gasteiger partial charge in [-0.05, 0) is 30.2 Å². The van der Waals surface area contributed by atoms with Gasteiger partial charge in [0.05, 0.1) is 19.8 Å². The van der Waals surface area contributed by atoms with E-state index >= 15 is 0 Å². The normalized spacial score (nSPS) is 13.0. The minimum absolute atomic E-state index is 0.144. The van der Waals surface area contributed by atoms with Gasteiger partial charge in [0.1, 0.15) is 5.75 Å². The maximum absolute atomic E-state index is 11.6. The summed E-state index contributed by atoms with van der Waals surface area (Å²) in [6.07, 6.45) is -1.26. The highest BCUT2D eigenvalue weighted by atomic mass is 16.5. The molecule has 19 heavy (non-hydrogen) atoms. The van der Waals surface area contributed by atoms with Crippen LogP contribution in [0.5, 0.6) is 5.75 Å². The van der Waals surface area contributed by atoms with Gasteiger partial charge in [-0.15, -0.1) is 0 Å². The largest absolute Gasteiger partial charge is 0.497 e. The summed E-state index contributed by atoms with van der Waals surface area (Å²) < 4.78 is 9.74. The average molecular weight is 265 g/mol. The zero-order valence-electron chi connectivity index (χ0n) is 10.7. The van der Waals surface area contributed by atoms with Crippen LogP contribution < -0.4 is 4.74 Å². The fourth-order valence-corrected chi connectivity index (χ4v) is 1.51. The van der Waals surface area contributed by atoms with Crippen molar-refractivity contribution in [3.63, 3.8) is 0 Å². The number of nitrogens with zero attached hydrogens (tertiary/aromatic N) is 3. The van der Waals surface area contributed by atoms with E-state index in [4.69, 9.17) is 15.0 Å². The molecular formula is C12H15N3O4. The molecule has 7 nitrogen and oxygen atoms in total. The first kappa shape index (κ1) is 14.8. The number of esters is 1. The Morgan fingerprint density at radius 2 is 2.11 bits per heavy atom. The van der Waals surface area contributed by atoms with Crippen LogP contribution >= 0.6 is 0 Å². The van der Waals surface area contributed by atoms with Gasteiger partial charge >= 0.3 is 5.97 Å². The predicted molar refractivity (Wildman–Crippen MR) is 67.5 cm³/mol. The van der Waals surface area contributed by atoms with E-state index in [-0.39, 0.29) is 6.61 Å². The third kappa shape index (κ3) is 3.87. The zero-order valence-corrected chi connectivity index (χ0v) is 10.7. The summed E-state index contributed by atoms with van der Waals surface area (Å²) in [5, 5.41) is 13.4. The topological polar surface area (TPSA) is 105 Å². The molecule has 0 aromatic heterocycles. The molecule has 0 aliphatic carbocycles. The van der Waals surface area contributed by atoms with Crippen molar-refractivity contribution in [3.05, 3.63) is 40.3 Å². The molecule has 1 N–H and O–H groups in total. The summed E-state index contributed by atoms with van der Waals surface area (Å²) in [7, 11) is 1.52. The van der Waals surface area contributed by atoms with E-state index in [0.717, 1.165) is 0 Å².